The van der Waals surface area contributed by atoms with E-state index in [1.807, 2.05) is 13.8 Å². The number of Topliss-reactive ketones (excluding diaryl/α,β-unsaturated/α-hetero) is 1. The van der Waals surface area contributed by atoms with Gasteiger partial charge in [0.25, 0.3) is 0 Å². The van der Waals surface area contributed by atoms with Crippen LogP contribution in [0.2, 0.25) is 0 Å². The van der Waals surface area contributed by atoms with E-state index in [0.717, 1.165) is 36.3 Å². The molecule has 3 aliphatic rings. The minimum absolute atomic E-state index is 0.00640. The van der Waals surface area contributed by atoms with Crippen molar-refractivity contribution < 1.29 is 102 Å². The van der Waals surface area contributed by atoms with Crippen LogP contribution in [0.4, 0.5) is 0 Å². The van der Waals surface area contributed by atoms with Gasteiger partial charge in [-0.1, -0.05) is 88.1 Å². The molecule has 1 unspecified atom stereocenters. The number of benzene rings is 3. The summed E-state index contributed by atoms with van der Waals surface area (Å²) in [5.74, 6) is -19.0. The van der Waals surface area contributed by atoms with Gasteiger partial charge in [-0.2, -0.15) is 0 Å². The average Bonchev–Trinajstić information content (AvgIpc) is 1.67. The molecule has 3 fully saturated rings. The molecule has 0 bridgehead atoms. The number of aromatic nitrogens is 2. The number of phenolic OH excluding ortho intramolecular Hbond substituents is 1. The van der Waals surface area contributed by atoms with Crippen LogP contribution in [0.3, 0.4) is 0 Å². The second kappa shape index (κ2) is 50.2. The molecule has 718 valence electrons. The Morgan fingerprint density at radius 1 is 0.500 bits per heavy atom. The Balaban J connectivity index is 1.18. The summed E-state index contributed by atoms with van der Waals surface area (Å²) in [6, 6.07) is -2.49. The highest BCUT2D eigenvalue weighted by molar-refractivity contribution is 8.00. The highest BCUT2D eigenvalue weighted by Crippen LogP contribution is 2.28. The van der Waals surface area contributed by atoms with Crippen LogP contribution >= 0.6 is 11.8 Å². The molecule has 0 saturated carbocycles. The number of rotatable bonds is 27. The number of amides is 16. The maximum Gasteiger partial charge on any atom is 0.303 e. The number of nitrogens with two attached hydrogens (primary N) is 4. The molecule has 24 N–H and O–H groups in total. The van der Waals surface area contributed by atoms with Gasteiger partial charge in [0.2, 0.25) is 94.5 Å². The van der Waals surface area contributed by atoms with Gasteiger partial charge < -0.3 is 126 Å². The van der Waals surface area contributed by atoms with E-state index in [1.165, 1.54) is 52.3 Å². The van der Waals surface area contributed by atoms with Crippen LogP contribution in [0.1, 0.15) is 147 Å². The summed E-state index contributed by atoms with van der Waals surface area (Å²) in [7, 11) is 3.88. The lowest BCUT2D eigenvalue weighted by atomic mass is 10.00. The van der Waals surface area contributed by atoms with Crippen LogP contribution in [0, 0.1) is 5.41 Å². The molecule has 0 spiro atoms. The number of fused-ring (bicyclic) bond motifs is 4. The number of aliphatic carboxylic acids is 1. The van der Waals surface area contributed by atoms with Crippen LogP contribution in [0.5, 0.6) is 5.75 Å². The highest BCUT2D eigenvalue weighted by atomic mass is 32.2. The topological polar surface area (TPSA) is 664 Å². The number of phenols is 1. The zero-order valence-corrected chi connectivity index (χ0v) is 75.7. The predicted octanol–water partition coefficient (Wildman–Crippen LogP) is -2.85. The number of hydrogen-bond donors (Lipinski definition) is 20. The van der Waals surface area contributed by atoms with Crippen molar-refractivity contribution in [2.24, 2.45) is 22.9 Å². The molecule has 2 aromatic heterocycles. The normalized spacial score (nSPS) is 24.4. The Labute approximate surface area is 766 Å². The van der Waals surface area contributed by atoms with Crippen LogP contribution in [-0.4, -0.2) is 312 Å². The fraction of sp³-hybridized carbons (Fsp3) is 0.534. The number of unbranched alkanes of at least 4 members (excludes halogenated alkanes) is 2. The predicted molar refractivity (Wildman–Crippen MR) is 484 cm³/mol. The van der Waals surface area contributed by atoms with E-state index in [0.29, 0.717) is 64.2 Å². The van der Waals surface area contributed by atoms with Crippen molar-refractivity contribution in [2.45, 2.75) is 234 Å². The number of aliphatic hydroxyl groups is 1. The van der Waals surface area contributed by atoms with Gasteiger partial charge in [-0.05, 0) is 106 Å². The summed E-state index contributed by atoms with van der Waals surface area (Å²) >= 11 is 0.789. The largest absolute Gasteiger partial charge is 0.508 e. The lowest BCUT2D eigenvalue weighted by molar-refractivity contribution is -0.149. The molecule has 16 amide bonds. The van der Waals surface area contributed by atoms with Gasteiger partial charge in [0, 0.05) is 126 Å². The molecule has 3 aliphatic heterocycles. The van der Waals surface area contributed by atoms with Crippen LogP contribution in [0.15, 0.2) is 85.2 Å². The molecule has 8 rings (SSSR count). The lowest BCUT2D eigenvalue weighted by Gasteiger charge is -2.36. The van der Waals surface area contributed by atoms with E-state index in [2.05, 4.69) is 63.1 Å². The number of carbonyl (C=O) groups is 18. The molecule has 132 heavy (non-hydrogen) atoms. The number of thioether (sulfide) groups is 1. The van der Waals surface area contributed by atoms with Crippen LogP contribution < -0.4 is 76.1 Å². The van der Waals surface area contributed by atoms with Crippen molar-refractivity contribution in [1.29, 1.82) is 5.41 Å². The van der Waals surface area contributed by atoms with E-state index in [9.17, 15) is 72.9 Å². The molecule has 43 nitrogen and oxygen atoms in total. The first-order chi connectivity index (χ1) is 62.9. The van der Waals surface area contributed by atoms with Gasteiger partial charge in [0.1, 0.15) is 84.3 Å². The molecule has 0 aliphatic carbocycles. The molecule has 0 radical (unpaired) electrons. The maximum atomic E-state index is 15.7. The number of guanidine groups is 1. The van der Waals surface area contributed by atoms with Gasteiger partial charge in [-0.3, -0.25) is 91.7 Å². The van der Waals surface area contributed by atoms with Crippen molar-refractivity contribution >= 4 is 146 Å². The second-order valence-corrected chi connectivity index (χ2v) is 34.3. The molecule has 5 aromatic rings. The third kappa shape index (κ3) is 29.1. The first kappa shape index (κ1) is 104. The number of para-hydroxylation sites is 2. The molecule has 44 heteroatoms. The number of carbonyl (C=O) groups excluding carboxylic acids is 17. The second-order valence-electron chi connectivity index (χ2n) is 33.3. The number of hydrogen-bond acceptors (Lipinski definition) is 23. The minimum atomic E-state index is -1.89. The highest BCUT2D eigenvalue weighted by Gasteiger charge is 2.45. The minimum Gasteiger partial charge on any atom is -0.508 e. The smallest absolute Gasteiger partial charge is 0.303 e. The van der Waals surface area contributed by atoms with Crippen LogP contribution in [0.25, 0.3) is 21.8 Å². The molecule has 3 saturated heterocycles. The number of aliphatic hydroxyl groups excluding tert-OH is 1. The molecular weight excluding hydrogens is 1730 g/mol. The Bertz CT molecular complexity index is 4990. The van der Waals surface area contributed by atoms with Gasteiger partial charge in [-0.15, -0.1) is 11.8 Å². The van der Waals surface area contributed by atoms with Crippen molar-refractivity contribution in [3.05, 3.63) is 102 Å². The monoisotopic (exact) mass is 1860 g/mol. The van der Waals surface area contributed by atoms with Gasteiger partial charge in [0.05, 0.1) is 24.8 Å². The number of carboxylic acids is 1. The number of aromatic amines is 2. The van der Waals surface area contributed by atoms with E-state index in [1.54, 1.807) is 60.9 Å². The summed E-state index contributed by atoms with van der Waals surface area (Å²) in [5.41, 5.74) is 25.5. The van der Waals surface area contributed by atoms with Crippen molar-refractivity contribution in [3.8, 4) is 5.75 Å². The third-order valence-electron chi connectivity index (χ3n) is 23.7. The quantitative estimate of drug-likeness (QED) is 0.0143. The summed E-state index contributed by atoms with van der Waals surface area (Å²) < 4.78 is 0. The Kier molecular flexibility index (Phi) is 39.6. The number of ketones is 1. The number of primary amides is 2. The number of nitrogens with one attached hydrogen (secondary N) is 13. The standard InChI is InChI=1S/C88H124N22O21S/c1-7-9-23-66-80(124)98-57(22-15-35-94-88(92)93)76(120)105-65(70(113)32-33-71(90)114)46-132-47-73(116)97-60(38-49-27-29-52(112)30-28-49)83(127)106(4)48(3)75(119)101-62(41-72(91)115)86(130)110-37-17-26-68(110)82(126)103-63(42-89)78(122)99-58(31-34-74(117)118)85(129)109-36-16-25-67(109)81(125)100-59(39-50-43-95-55-20-13-11-18-53(50)55)77(121)104-64(45-111)79(123)102-61(40-51-44-96-56-21-14-12-19-54(51)56)84(128)108(6)69(24-10-8-2)87(131)107(66)5/h11-14,18-21,27-30,43-44,48,57-69,95-96,111-112H,7-10,15-17,22-26,31-42,45-47,89H2,1-6H3,(H2,90,114)(H2,91,115)(H,97,116)(H,98,124)(H,99,122)(H,100,125)(H,101,119)(H,102,123)(H,103,126)(H,104,121)(H,105,120)(H,117,118)(H4,92,93,94)/t48-,57-,58-,59-,60-,61-,62-,63-,64-,65-,66-,67-,68?,69-/m0/s1. The number of H-pyrrole nitrogens is 2. The third-order valence-corrected chi connectivity index (χ3v) is 24.8. The Morgan fingerprint density at radius 3 is 1.55 bits per heavy atom. The van der Waals surface area contributed by atoms with Crippen molar-refractivity contribution in [3.63, 3.8) is 0 Å². The number of aromatic hydroxyl groups is 1. The average molecular weight is 1860 g/mol. The molecule has 14 atom stereocenters. The van der Waals surface area contributed by atoms with E-state index in [-0.39, 0.29) is 96.0 Å². The van der Waals surface area contributed by atoms with Gasteiger partial charge >= 0.3 is 5.97 Å². The maximum absolute atomic E-state index is 15.7. The number of likely N-dealkylation sites (N-methyl/N-ethyl adjacent to an activating group) is 3. The van der Waals surface area contributed by atoms with Crippen molar-refractivity contribution in [1.82, 2.24) is 87.6 Å². The number of carboxylic acid groups (broad SMARTS) is 1. The van der Waals surface area contributed by atoms with Gasteiger partial charge in [0.15, 0.2) is 11.7 Å². The summed E-state index contributed by atoms with van der Waals surface area (Å²) in [6.45, 7) is 2.85. The number of nitrogens with zero attached hydrogens (tertiary/aromatic N) is 5. The fourth-order valence-corrected chi connectivity index (χ4v) is 17.1. The summed E-state index contributed by atoms with van der Waals surface area (Å²) in [5, 5.41) is 66.6. The first-order valence-electron chi connectivity index (χ1n) is 44.2. The zero-order chi connectivity index (χ0) is 96.7. The Hall–Kier alpha value is -13.3. The van der Waals surface area contributed by atoms with E-state index in [4.69, 9.17) is 28.3 Å². The SMILES string of the molecule is CCCC[C@H]1C(=O)N(C)[C@@H](CCCC)C(=O)N[C@@H](CCCNC(=N)N)C(=O)N[C@H](C(=O)CCC(N)=O)CSCC(=O)N[C@@H](Cc2ccc(O)cc2)C(=O)N(C)[C@@H](C)C(=O)N[C@@H](CC(N)=O)C(=O)N2CCCC2C(=O)N[C@@H](CN)C(=O)N[C@@H](CCC(=O)O)C(=O)N2CCC[C@H]2C(=O)N[C@@H](Cc2c[nH]c3ccccc23)C(=O)N[C@@H](CO)C(=O)N[C@@H](Cc2c[nH]c3ccccc23)C(=O)N1C. The van der Waals surface area contributed by atoms with Gasteiger partial charge in [-0.25, -0.2) is 0 Å². The molecule has 5 heterocycles. The first-order valence-corrected chi connectivity index (χ1v) is 45.3. The van der Waals surface area contributed by atoms with Crippen LogP contribution in [-0.2, 0) is 106 Å². The zero-order valence-electron chi connectivity index (χ0n) is 74.9. The van der Waals surface area contributed by atoms with Crippen molar-refractivity contribution in [2.75, 3.05) is 65.4 Å². The fourth-order valence-electron chi connectivity index (χ4n) is 16.2. The molecular formula is C88H124N22O21S. The molecule has 3 aromatic carbocycles. The van der Waals surface area contributed by atoms with E-state index < -0.39 is 254 Å². The summed E-state index contributed by atoms with van der Waals surface area (Å²) in [4.78, 5) is 272. The summed E-state index contributed by atoms with van der Waals surface area (Å²) in [6.07, 6.45) is 0.860. The van der Waals surface area contributed by atoms with E-state index >= 15 is 28.8 Å². The Morgan fingerprint density at radius 2 is 0.992 bits per heavy atom. The lowest BCUT2D eigenvalue weighted by Crippen LogP contribution is -2.62.